The average Bonchev–Trinajstić information content (AvgIpc) is 2.16. The highest BCUT2D eigenvalue weighted by molar-refractivity contribution is 5.32. The molecule has 1 N–H and O–H groups in total. The van der Waals surface area contributed by atoms with Gasteiger partial charge in [0, 0.05) is 17.2 Å². The van der Waals surface area contributed by atoms with Crippen LogP contribution < -0.4 is 10.1 Å². The molecule has 0 bridgehead atoms. The van der Waals surface area contributed by atoms with Gasteiger partial charge in [-0.05, 0) is 27.0 Å². The van der Waals surface area contributed by atoms with E-state index in [2.05, 4.69) is 10.1 Å². The monoisotopic (exact) mass is 233 g/mol. The quantitative estimate of drug-likeness (QED) is 0.863. The molecule has 0 heterocycles. The summed E-state index contributed by atoms with van der Waals surface area (Å²) in [5.74, 6) is -0.749. The summed E-state index contributed by atoms with van der Waals surface area (Å²) in [6.07, 6.45) is 0. The largest absolute Gasteiger partial charge is 0.435 e. The van der Waals surface area contributed by atoms with Crippen LogP contribution in [0.25, 0.3) is 0 Å². The van der Waals surface area contributed by atoms with Crippen LogP contribution >= 0.6 is 0 Å². The van der Waals surface area contributed by atoms with Gasteiger partial charge in [-0.2, -0.15) is 8.78 Å². The van der Waals surface area contributed by atoms with Crippen molar-refractivity contribution in [2.75, 3.05) is 7.05 Å². The van der Waals surface area contributed by atoms with Gasteiger partial charge in [-0.25, -0.2) is 4.39 Å². The van der Waals surface area contributed by atoms with E-state index in [4.69, 9.17) is 0 Å². The van der Waals surface area contributed by atoms with Crippen LogP contribution in [0.5, 0.6) is 5.75 Å². The molecule has 0 spiro atoms. The Hall–Kier alpha value is -1.23. The first-order valence-electron chi connectivity index (χ1n) is 4.80. The molecule has 16 heavy (non-hydrogen) atoms. The summed E-state index contributed by atoms with van der Waals surface area (Å²) >= 11 is 0. The van der Waals surface area contributed by atoms with Gasteiger partial charge >= 0.3 is 6.61 Å². The lowest BCUT2D eigenvalue weighted by Gasteiger charge is -2.25. The van der Waals surface area contributed by atoms with E-state index in [0.717, 1.165) is 6.07 Å². The van der Waals surface area contributed by atoms with Gasteiger partial charge in [0.25, 0.3) is 0 Å². The predicted octanol–water partition coefficient (Wildman–Crippen LogP) is 2.88. The molecule has 90 valence electrons. The number of halogens is 3. The summed E-state index contributed by atoms with van der Waals surface area (Å²) < 4.78 is 41.5. The Morgan fingerprint density at radius 3 is 2.38 bits per heavy atom. The number of nitrogens with one attached hydrogen (secondary N) is 1. The molecule has 5 heteroatoms. The summed E-state index contributed by atoms with van der Waals surface area (Å²) in [6.45, 7) is 0.639. The summed E-state index contributed by atoms with van der Waals surface area (Å²) in [4.78, 5) is 0. The van der Waals surface area contributed by atoms with Gasteiger partial charge in [0.15, 0.2) is 0 Å². The van der Waals surface area contributed by atoms with E-state index >= 15 is 0 Å². The van der Waals surface area contributed by atoms with E-state index in [1.54, 1.807) is 20.9 Å². The summed E-state index contributed by atoms with van der Waals surface area (Å²) in [6, 6.07) is 3.72. The first kappa shape index (κ1) is 12.8. The SMILES string of the molecule is CNC(C)(C)c1ccc(OC(F)F)cc1F. The fraction of sp³-hybridized carbons (Fsp3) is 0.455. The van der Waals surface area contributed by atoms with Gasteiger partial charge in [0.05, 0.1) is 0 Å². The molecule has 0 unspecified atom stereocenters. The third-order valence-corrected chi connectivity index (χ3v) is 2.46. The van der Waals surface area contributed by atoms with Gasteiger partial charge in [-0.1, -0.05) is 6.07 Å². The van der Waals surface area contributed by atoms with E-state index in [1.807, 2.05) is 0 Å². The van der Waals surface area contributed by atoms with Crippen LogP contribution in [-0.4, -0.2) is 13.7 Å². The second-order valence-electron chi connectivity index (χ2n) is 3.90. The Bertz CT molecular complexity index is 366. The molecular formula is C11H14F3NO. The molecule has 0 saturated carbocycles. The third-order valence-electron chi connectivity index (χ3n) is 2.46. The zero-order valence-electron chi connectivity index (χ0n) is 9.35. The second-order valence-corrected chi connectivity index (χ2v) is 3.90. The van der Waals surface area contributed by atoms with Crippen molar-refractivity contribution in [2.45, 2.75) is 26.0 Å². The molecule has 0 aliphatic rings. The van der Waals surface area contributed by atoms with Crippen molar-refractivity contribution in [1.82, 2.24) is 5.32 Å². The number of ether oxygens (including phenoxy) is 1. The van der Waals surface area contributed by atoms with Crippen molar-refractivity contribution in [3.63, 3.8) is 0 Å². The predicted molar refractivity (Wildman–Crippen MR) is 55.1 cm³/mol. The van der Waals surface area contributed by atoms with Crippen LogP contribution in [0.2, 0.25) is 0 Å². The lowest BCUT2D eigenvalue weighted by atomic mass is 9.94. The van der Waals surface area contributed by atoms with Gasteiger partial charge in [-0.3, -0.25) is 0 Å². The van der Waals surface area contributed by atoms with Gasteiger partial charge in [-0.15, -0.1) is 0 Å². The maximum Gasteiger partial charge on any atom is 0.387 e. The van der Waals surface area contributed by atoms with E-state index in [-0.39, 0.29) is 5.75 Å². The van der Waals surface area contributed by atoms with Crippen LogP contribution in [0.4, 0.5) is 13.2 Å². The molecule has 1 rings (SSSR count). The molecule has 0 aromatic heterocycles. The Kier molecular flexibility index (Phi) is 3.80. The van der Waals surface area contributed by atoms with Gasteiger partial charge in [0.2, 0.25) is 0 Å². The van der Waals surface area contributed by atoms with Crippen molar-refractivity contribution < 1.29 is 17.9 Å². The zero-order valence-corrected chi connectivity index (χ0v) is 9.35. The molecular weight excluding hydrogens is 219 g/mol. The Balaban J connectivity index is 3.00. The summed E-state index contributed by atoms with van der Waals surface area (Å²) in [5.41, 5.74) is -0.162. The molecule has 2 nitrogen and oxygen atoms in total. The van der Waals surface area contributed by atoms with Crippen molar-refractivity contribution in [3.8, 4) is 5.75 Å². The molecule has 0 aliphatic carbocycles. The number of hydrogen-bond acceptors (Lipinski definition) is 2. The minimum atomic E-state index is -2.94. The third kappa shape index (κ3) is 2.88. The van der Waals surface area contributed by atoms with Gasteiger partial charge < -0.3 is 10.1 Å². The number of rotatable bonds is 4. The Labute approximate surface area is 92.4 Å². The molecule has 0 saturated heterocycles. The fourth-order valence-corrected chi connectivity index (χ4v) is 1.31. The van der Waals surface area contributed by atoms with E-state index in [9.17, 15) is 13.2 Å². The van der Waals surface area contributed by atoms with Crippen LogP contribution in [0.3, 0.4) is 0 Å². The molecule has 1 aromatic rings. The molecule has 1 aromatic carbocycles. The molecule has 0 atom stereocenters. The highest BCUT2D eigenvalue weighted by Crippen LogP contribution is 2.26. The maximum absolute atomic E-state index is 13.6. The zero-order chi connectivity index (χ0) is 12.3. The van der Waals surface area contributed by atoms with Crippen molar-refractivity contribution in [2.24, 2.45) is 0 Å². The summed E-state index contributed by atoms with van der Waals surface area (Å²) in [5, 5.41) is 2.93. The average molecular weight is 233 g/mol. The first-order chi connectivity index (χ1) is 7.36. The van der Waals surface area contributed by atoms with Crippen LogP contribution in [0.1, 0.15) is 19.4 Å². The molecule has 0 fully saturated rings. The lowest BCUT2D eigenvalue weighted by molar-refractivity contribution is -0.0500. The Morgan fingerprint density at radius 2 is 1.94 bits per heavy atom. The smallest absolute Gasteiger partial charge is 0.387 e. The van der Waals surface area contributed by atoms with Crippen LogP contribution in [0.15, 0.2) is 18.2 Å². The minimum Gasteiger partial charge on any atom is -0.435 e. The van der Waals surface area contributed by atoms with Crippen LogP contribution in [-0.2, 0) is 5.54 Å². The highest BCUT2D eigenvalue weighted by Gasteiger charge is 2.22. The maximum atomic E-state index is 13.6. The van der Waals surface area contributed by atoms with Crippen LogP contribution in [0, 0.1) is 5.82 Å². The first-order valence-corrected chi connectivity index (χ1v) is 4.80. The minimum absolute atomic E-state index is 0.178. The van der Waals surface area contributed by atoms with Crippen molar-refractivity contribution in [3.05, 3.63) is 29.6 Å². The number of hydrogen-bond donors (Lipinski definition) is 1. The second kappa shape index (κ2) is 4.74. The van der Waals surface area contributed by atoms with Crippen molar-refractivity contribution in [1.29, 1.82) is 0 Å². The Morgan fingerprint density at radius 1 is 1.31 bits per heavy atom. The molecule has 0 amide bonds. The van der Waals surface area contributed by atoms with E-state index in [1.165, 1.54) is 12.1 Å². The van der Waals surface area contributed by atoms with Gasteiger partial charge in [0.1, 0.15) is 11.6 Å². The van der Waals surface area contributed by atoms with E-state index < -0.39 is 18.0 Å². The fourth-order valence-electron chi connectivity index (χ4n) is 1.31. The lowest BCUT2D eigenvalue weighted by Crippen LogP contribution is -2.34. The van der Waals surface area contributed by atoms with E-state index in [0.29, 0.717) is 5.56 Å². The highest BCUT2D eigenvalue weighted by atomic mass is 19.3. The number of benzene rings is 1. The van der Waals surface area contributed by atoms with Crippen molar-refractivity contribution >= 4 is 0 Å². The normalized spacial score (nSPS) is 11.9. The summed E-state index contributed by atoms with van der Waals surface area (Å²) in [7, 11) is 1.70. The number of alkyl halides is 2. The molecule has 0 aliphatic heterocycles. The standard InChI is InChI=1S/C11H14F3NO/c1-11(2,15-3)8-5-4-7(6-9(8)12)16-10(13)14/h4-6,10,15H,1-3H3. The topological polar surface area (TPSA) is 21.3 Å². The molecule has 0 radical (unpaired) electrons.